The number of benzene rings is 1. The zero-order chi connectivity index (χ0) is 15.1. The third-order valence-electron chi connectivity index (χ3n) is 3.66. The van der Waals surface area contributed by atoms with E-state index < -0.39 is 0 Å². The molecule has 5 heteroatoms. The van der Waals surface area contributed by atoms with Crippen LogP contribution in [0.5, 0.6) is 5.75 Å². The summed E-state index contributed by atoms with van der Waals surface area (Å²) < 4.78 is 6.56. The van der Waals surface area contributed by atoms with Crippen molar-refractivity contribution < 1.29 is 9.53 Å². The standard InChI is InChI=1S/C16H23BrN2O2/c1-12-4-5-15(14(17)9-12)21-8-6-16(20)19-11-13-3-2-7-18-10-13/h4-5,9,13,18H,2-3,6-8,10-11H2,1H3,(H,19,20). The van der Waals surface area contributed by atoms with Gasteiger partial charge in [0, 0.05) is 6.54 Å². The minimum absolute atomic E-state index is 0.0591. The normalized spacial score (nSPS) is 18.3. The van der Waals surface area contributed by atoms with E-state index in [1.165, 1.54) is 18.4 Å². The van der Waals surface area contributed by atoms with Gasteiger partial charge in [-0.1, -0.05) is 6.07 Å². The number of carbonyl (C=O) groups is 1. The Balaban J connectivity index is 1.64. The maximum Gasteiger partial charge on any atom is 0.223 e. The van der Waals surface area contributed by atoms with Crippen LogP contribution >= 0.6 is 15.9 Å². The minimum atomic E-state index is 0.0591. The van der Waals surface area contributed by atoms with Crippen LogP contribution in [0.25, 0.3) is 0 Å². The highest BCUT2D eigenvalue weighted by Crippen LogP contribution is 2.25. The molecule has 1 unspecified atom stereocenters. The summed E-state index contributed by atoms with van der Waals surface area (Å²) in [6, 6.07) is 5.92. The Kier molecular flexibility index (Phi) is 6.51. The summed E-state index contributed by atoms with van der Waals surface area (Å²) in [7, 11) is 0. The molecule has 0 spiro atoms. The van der Waals surface area contributed by atoms with Gasteiger partial charge in [0.2, 0.25) is 5.91 Å². The van der Waals surface area contributed by atoms with E-state index >= 15 is 0 Å². The Hall–Kier alpha value is -1.07. The van der Waals surface area contributed by atoms with Crippen molar-refractivity contribution in [2.24, 2.45) is 5.92 Å². The topological polar surface area (TPSA) is 50.4 Å². The second-order valence-electron chi connectivity index (χ2n) is 5.55. The fourth-order valence-corrected chi connectivity index (χ4v) is 3.03. The van der Waals surface area contributed by atoms with Gasteiger partial charge in [-0.25, -0.2) is 0 Å². The predicted molar refractivity (Wildman–Crippen MR) is 87.6 cm³/mol. The van der Waals surface area contributed by atoms with Crippen molar-refractivity contribution in [1.82, 2.24) is 10.6 Å². The average Bonchev–Trinajstić information content (AvgIpc) is 2.48. The van der Waals surface area contributed by atoms with Crippen molar-refractivity contribution in [3.63, 3.8) is 0 Å². The molecule has 0 aliphatic carbocycles. The molecule has 4 nitrogen and oxygen atoms in total. The molecule has 0 saturated carbocycles. The quantitative estimate of drug-likeness (QED) is 0.825. The van der Waals surface area contributed by atoms with Crippen LogP contribution in [0.4, 0.5) is 0 Å². The highest BCUT2D eigenvalue weighted by molar-refractivity contribution is 9.10. The monoisotopic (exact) mass is 354 g/mol. The van der Waals surface area contributed by atoms with Crippen molar-refractivity contribution in [3.8, 4) is 5.75 Å². The molecule has 2 N–H and O–H groups in total. The van der Waals surface area contributed by atoms with Gasteiger partial charge in [-0.3, -0.25) is 4.79 Å². The van der Waals surface area contributed by atoms with Crippen LogP contribution in [0.15, 0.2) is 22.7 Å². The average molecular weight is 355 g/mol. The number of ether oxygens (including phenoxy) is 1. The lowest BCUT2D eigenvalue weighted by Gasteiger charge is -2.22. The van der Waals surface area contributed by atoms with Gasteiger partial charge in [0.15, 0.2) is 0 Å². The second kappa shape index (κ2) is 8.39. The fraction of sp³-hybridized carbons (Fsp3) is 0.562. The minimum Gasteiger partial charge on any atom is -0.492 e. The third-order valence-corrected chi connectivity index (χ3v) is 4.28. The van der Waals surface area contributed by atoms with E-state index in [1.807, 2.05) is 25.1 Å². The smallest absolute Gasteiger partial charge is 0.223 e. The molecule has 0 bridgehead atoms. The Bertz CT molecular complexity index is 473. The van der Waals surface area contributed by atoms with Crippen molar-refractivity contribution in [2.75, 3.05) is 26.2 Å². The fourth-order valence-electron chi connectivity index (χ4n) is 2.42. The van der Waals surface area contributed by atoms with E-state index in [2.05, 4.69) is 26.6 Å². The van der Waals surface area contributed by atoms with E-state index in [0.29, 0.717) is 18.9 Å². The molecule has 0 radical (unpaired) electrons. The molecule has 116 valence electrons. The first-order chi connectivity index (χ1) is 10.1. The molecule has 1 aliphatic heterocycles. The van der Waals surface area contributed by atoms with Gasteiger partial charge in [-0.05, 0) is 72.4 Å². The number of piperidine rings is 1. The number of halogens is 1. The Labute approximate surface area is 134 Å². The molecule has 1 aromatic rings. The first-order valence-electron chi connectivity index (χ1n) is 7.51. The molecule has 2 rings (SSSR count). The molecule has 1 aromatic carbocycles. The number of nitrogens with one attached hydrogen (secondary N) is 2. The van der Waals surface area contributed by atoms with Crippen molar-refractivity contribution in [1.29, 1.82) is 0 Å². The number of amides is 1. The van der Waals surface area contributed by atoms with Crippen molar-refractivity contribution in [2.45, 2.75) is 26.2 Å². The molecule has 1 heterocycles. The largest absolute Gasteiger partial charge is 0.492 e. The predicted octanol–water partition coefficient (Wildman–Crippen LogP) is 2.64. The summed E-state index contributed by atoms with van der Waals surface area (Å²) in [6.07, 6.45) is 2.78. The molecular formula is C16H23BrN2O2. The molecule has 21 heavy (non-hydrogen) atoms. The van der Waals surface area contributed by atoms with E-state index in [-0.39, 0.29) is 5.91 Å². The van der Waals surface area contributed by atoms with E-state index in [1.54, 1.807) is 0 Å². The van der Waals surface area contributed by atoms with Gasteiger partial charge < -0.3 is 15.4 Å². The number of hydrogen-bond donors (Lipinski definition) is 2. The molecule has 1 atom stereocenters. The van der Waals surface area contributed by atoms with E-state index in [4.69, 9.17) is 4.74 Å². The summed E-state index contributed by atoms with van der Waals surface area (Å²) in [5.74, 6) is 1.41. The second-order valence-corrected chi connectivity index (χ2v) is 6.40. The van der Waals surface area contributed by atoms with Crippen LogP contribution < -0.4 is 15.4 Å². The lowest BCUT2D eigenvalue weighted by Crippen LogP contribution is -2.38. The molecule has 1 aliphatic rings. The SMILES string of the molecule is Cc1ccc(OCCC(=O)NCC2CCCNC2)c(Br)c1. The lowest BCUT2D eigenvalue weighted by molar-refractivity contribution is -0.121. The Morgan fingerprint density at radius 2 is 2.38 bits per heavy atom. The molecule has 1 fully saturated rings. The van der Waals surface area contributed by atoms with E-state index in [0.717, 1.165) is 29.9 Å². The molecule has 1 amide bonds. The number of rotatable bonds is 6. The number of carbonyl (C=O) groups excluding carboxylic acids is 1. The number of aryl methyl sites for hydroxylation is 1. The highest BCUT2D eigenvalue weighted by atomic mass is 79.9. The summed E-state index contributed by atoms with van der Waals surface area (Å²) in [6.45, 7) is 5.30. The summed E-state index contributed by atoms with van der Waals surface area (Å²) in [4.78, 5) is 11.8. The first-order valence-corrected chi connectivity index (χ1v) is 8.31. The summed E-state index contributed by atoms with van der Waals surface area (Å²) >= 11 is 3.46. The molecule has 1 saturated heterocycles. The van der Waals surface area contributed by atoms with Gasteiger partial charge in [-0.15, -0.1) is 0 Å². The summed E-state index contributed by atoms with van der Waals surface area (Å²) in [5.41, 5.74) is 1.17. The van der Waals surface area contributed by atoms with Crippen LogP contribution in [0.2, 0.25) is 0 Å². The van der Waals surface area contributed by atoms with E-state index in [9.17, 15) is 4.79 Å². The van der Waals surface area contributed by atoms with Crippen LogP contribution in [0, 0.1) is 12.8 Å². The van der Waals surface area contributed by atoms with Gasteiger partial charge in [-0.2, -0.15) is 0 Å². The van der Waals surface area contributed by atoms with Crippen LogP contribution in [0.3, 0.4) is 0 Å². The Morgan fingerprint density at radius 1 is 1.52 bits per heavy atom. The highest BCUT2D eigenvalue weighted by Gasteiger charge is 2.13. The lowest BCUT2D eigenvalue weighted by atomic mass is 10.00. The van der Waals surface area contributed by atoms with Gasteiger partial charge in [0.25, 0.3) is 0 Å². The molecule has 0 aromatic heterocycles. The first kappa shape index (κ1) is 16.3. The zero-order valence-corrected chi connectivity index (χ0v) is 14.0. The van der Waals surface area contributed by atoms with Crippen LogP contribution in [-0.4, -0.2) is 32.1 Å². The summed E-state index contributed by atoms with van der Waals surface area (Å²) in [5, 5.41) is 6.34. The maximum atomic E-state index is 11.8. The van der Waals surface area contributed by atoms with Gasteiger partial charge in [0.05, 0.1) is 17.5 Å². The molecular weight excluding hydrogens is 332 g/mol. The maximum absolute atomic E-state index is 11.8. The number of hydrogen-bond acceptors (Lipinski definition) is 3. The van der Waals surface area contributed by atoms with Gasteiger partial charge in [0.1, 0.15) is 5.75 Å². The van der Waals surface area contributed by atoms with Gasteiger partial charge >= 0.3 is 0 Å². The van der Waals surface area contributed by atoms with Crippen LogP contribution in [0.1, 0.15) is 24.8 Å². The van der Waals surface area contributed by atoms with Crippen molar-refractivity contribution >= 4 is 21.8 Å². The Morgan fingerprint density at radius 3 is 3.10 bits per heavy atom. The van der Waals surface area contributed by atoms with Crippen LogP contribution in [-0.2, 0) is 4.79 Å². The van der Waals surface area contributed by atoms with Crippen molar-refractivity contribution in [3.05, 3.63) is 28.2 Å². The zero-order valence-electron chi connectivity index (χ0n) is 12.5. The third kappa shape index (κ3) is 5.67.